The molecule has 0 spiro atoms. The molecule has 0 aliphatic heterocycles. The maximum Gasteiger partial charge on any atom is 0.321 e. The fraction of sp³-hybridized carbons (Fsp3) is 0.296. The number of fused-ring (bicyclic) bond motifs is 1. The van der Waals surface area contributed by atoms with Crippen molar-refractivity contribution in [3.05, 3.63) is 66.5 Å². The van der Waals surface area contributed by atoms with Crippen molar-refractivity contribution in [1.29, 1.82) is 5.26 Å². The monoisotopic (exact) mass is 469 g/mol. The van der Waals surface area contributed by atoms with Gasteiger partial charge in [0, 0.05) is 41.3 Å². The van der Waals surface area contributed by atoms with Gasteiger partial charge in [0.2, 0.25) is 0 Å². The van der Waals surface area contributed by atoms with Crippen molar-refractivity contribution in [2.75, 3.05) is 6.54 Å². The van der Waals surface area contributed by atoms with Crippen LogP contribution in [-0.2, 0) is 0 Å². The molecular weight excluding hydrogens is 442 g/mol. The van der Waals surface area contributed by atoms with Crippen LogP contribution in [0, 0.1) is 17.2 Å². The smallest absolute Gasteiger partial charge is 0.321 e. The molecule has 0 bridgehead atoms. The topological polar surface area (TPSA) is 75.8 Å². The summed E-state index contributed by atoms with van der Waals surface area (Å²) in [4.78, 5) is 9.49. The van der Waals surface area contributed by atoms with E-state index in [0.29, 0.717) is 29.3 Å². The predicted molar refractivity (Wildman–Crippen MR) is 136 cm³/mol. The number of hydrogen-bond donors (Lipinski definition) is 1. The summed E-state index contributed by atoms with van der Waals surface area (Å²) in [5.74, 6) is 1.27. The molecule has 1 saturated carbocycles. The normalized spacial score (nSPS) is 13.7. The van der Waals surface area contributed by atoms with E-state index in [1.54, 1.807) is 30.4 Å². The second-order valence-electron chi connectivity index (χ2n) is 8.97. The van der Waals surface area contributed by atoms with Gasteiger partial charge < -0.3 is 9.30 Å². The zero-order valence-corrected chi connectivity index (χ0v) is 20.2. The molecule has 0 radical (unpaired) electrons. The quantitative estimate of drug-likeness (QED) is 0.288. The van der Waals surface area contributed by atoms with Crippen LogP contribution in [0.2, 0.25) is 0 Å². The van der Waals surface area contributed by atoms with E-state index in [0.717, 1.165) is 46.4 Å². The number of benzene rings is 2. The molecule has 7 heteroatoms. The summed E-state index contributed by atoms with van der Waals surface area (Å²) in [6.45, 7) is 5.35. The molecule has 2 aromatic carbocycles. The van der Waals surface area contributed by atoms with Crippen LogP contribution in [0.4, 0.5) is 0 Å². The molecule has 2 aromatic heterocycles. The Morgan fingerprint density at radius 3 is 2.56 bits per heavy atom. The van der Waals surface area contributed by atoms with Crippen LogP contribution in [0.15, 0.2) is 65.8 Å². The van der Waals surface area contributed by atoms with Gasteiger partial charge in [-0.1, -0.05) is 26.0 Å². The molecular formula is C27H27N5OS. The highest BCUT2D eigenvalue weighted by Gasteiger charge is 2.28. The van der Waals surface area contributed by atoms with Crippen molar-refractivity contribution >= 4 is 22.9 Å². The fourth-order valence-electron chi connectivity index (χ4n) is 4.19. The van der Waals surface area contributed by atoms with Gasteiger partial charge in [0.15, 0.2) is 0 Å². The summed E-state index contributed by atoms with van der Waals surface area (Å²) < 4.78 is 11.7. The highest BCUT2D eigenvalue weighted by atomic mass is 32.2. The molecule has 4 aromatic rings. The molecule has 0 amide bonds. The third-order valence-corrected chi connectivity index (χ3v) is 6.91. The average Bonchev–Trinajstić information content (AvgIpc) is 3.12. The van der Waals surface area contributed by atoms with E-state index in [9.17, 15) is 5.26 Å². The number of hydrogen-bond acceptors (Lipinski definition) is 6. The molecule has 34 heavy (non-hydrogen) atoms. The van der Waals surface area contributed by atoms with E-state index in [1.807, 2.05) is 18.2 Å². The SMILES string of the molecule is CC(C)CNSc1ccc(-c2c(C#N)c3ccc(Oc4ncccn4)cc3n2C2CCC2)cc1. The van der Waals surface area contributed by atoms with Crippen LogP contribution in [0.5, 0.6) is 11.8 Å². The van der Waals surface area contributed by atoms with Gasteiger partial charge >= 0.3 is 6.01 Å². The lowest BCUT2D eigenvalue weighted by Crippen LogP contribution is -2.17. The second-order valence-corrected chi connectivity index (χ2v) is 9.94. The summed E-state index contributed by atoms with van der Waals surface area (Å²) in [6, 6.07) is 19.3. The van der Waals surface area contributed by atoms with E-state index >= 15 is 0 Å². The lowest BCUT2D eigenvalue weighted by Gasteiger charge is -2.30. The first-order valence-electron chi connectivity index (χ1n) is 11.7. The van der Waals surface area contributed by atoms with Gasteiger partial charge in [-0.2, -0.15) is 5.26 Å². The van der Waals surface area contributed by atoms with Crippen LogP contribution >= 0.6 is 11.9 Å². The van der Waals surface area contributed by atoms with Gasteiger partial charge in [-0.25, -0.2) is 9.97 Å². The van der Waals surface area contributed by atoms with Crippen LogP contribution < -0.4 is 9.46 Å². The third kappa shape index (κ3) is 4.52. The highest BCUT2D eigenvalue weighted by Crippen LogP contribution is 2.43. The number of rotatable bonds is 8. The maximum absolute atomic E-state index is 10.2. The standard InChI is InChI=1S/C27H27N5OS/c1-18(2)17-31-34-22-10-7-19(8-11-22)26-24(16-28)23-12-9-21(33-27-29-13-4-14-30-27)15-25(23)32(26)20-5-3-6-20/h4,7-15,18,20,31H,3,5-6,17H2,1-2H3. The van der Waals surface area contributed by atoms with Gasteiger partial charge in [-0.15, -0.1) is 0 Å². The van der Waals surface area contributed by atoms with Crippen molar-refractivity contribution in [3.63, 3.8) is 0 Å². The Kier molecular flexibility index (Phi) is 6.52. The number of nitrogens with one attached hydrogen (secondary N) is 1. The molecule has 2 heterocycles. The van der Waals surface area contributed by atoms with Crippen LogP contribution in [-0.4, -0.2) is 21.1 Å². The molecule has 6 nitrogen and oxygen atoms in total. The zero-order chi connectivity index (χ0) is 23.5. The minimum Gasteiger partial charge on any atom is -0.424 e. The van der Waals surface area contributed by atoms with Gasteiger partial charge in [-0.3, -0.25) is 4.72 Å². The average molecular weight is 470 g/mol. The summed E-state index contributed by atoms with van der Waals surface area (Å²) >= 11 is 1.65. The van der Waals surface area contributed by atoms with Gasteiger partial charge in [0.25, 0.3) is 0 Å². The number of ether oxygens (including phenoxy) is 1. The lowest BCUT2D eigenvalue weighted by molar-refractivity contribution is 0.324. The molecule has 172 valence electrons. The molecule has 1 N–H and O–H groups in total. The van der Waals surface area contributed by atoms with Crippen molar-refractivity contribution in [2.45, 2.75) is 44.0 Å². The van der Waals surface area contributed by atoms with E-state index in [2.05, 4.69) is 63.4 Å². The Hall–Kier alpha value is -3.34. The Balaban J connectivity index is 1.55. The largest absolute Gasteiger partial charge is 0.424 e. The van der Waals surface area contributed by atoms with Gasteiger partial charge in [0.05, 0.1) is 16.8 Å². The third-order valence-electron chi connectivity index (χ3n) is 6.09. The Morgan fingerprint density at radius 2 is 1.91 bits per heavy atom. The van der Waals surface area contributed by atoms with Crippen LogP contribution in [0.3, 0.4) is 0 Å². The van der Waals surface area contributed by atoms with Crippen molar-refractivity contribution in [2.24, 2.45) is 5.92 Å². The van der Waals surface area contributed by atoms with Crippen molar-refractivity contribution < 1.29 is 4.74 Å². The molecule has 1 fully saturated rings. The first-order valence-corrected chi connectivity index (χ1v) is 12.5. The summed E-state index contributed by atoms with van der Waals surface area (Å²) in [5, 5.41) is 11.1. The molecule has 0 saturated heterocycles. The maximum atomic E-state index is 10.2. The first-order chi connectivity index (χ1) is 16.6. The van der Waals surface area contributed by atoms with Crippen molar-refractivity contribution in [1.82, 2.24) is 19.3 Å². The van der Waals surface area contributed by atoms with E-state index in [4.69, 9.17) is 4.74 Å². The fourth-order valence-corrected chi connectivity index (χ4v) is 5.05. The lowest BCUT2D eigenvalue weighted by atomic mass is 9.92. The Labute approximate surface area is 204 Å². The zero-order valence-electron chi connectivity index (χ0n) is 19.4. The summed E-state index contributed by atoms with van der Waals surface area (Å²) in [6.07, 6.45) is 6.74. The Bertz CT molecular complexity index is 1320. The van der Waals surface area contributed by atoms with Crippen molar-refractivity contribution in [3.8, 4) is 29.1 Å². The number of nitriles is 1. The number of aromatic nitrogens is 3. The van der Waals surface area contributed by atoms with Gasteiger partial charge in [0.1, 0.15) is 11.8 Å². The molecule has 1 aliphatic carbocycles. The minimum atomic E-state index is 0.309. The molecule has 1 aliphatic rings. The molecule has 0 atom stereocenters. The van der Waals surface area contributed by atoms with E-state index < -0.39 is 0 Å². The van der Waals surface area contributed by atoms with Gasteiger partial charge in [-0.05, 0) is 73.0 Å². The summed E-state index contributed by atoms with van der Waals surface area (Å²) in [7, 11) is 0. The minimum absolute atomic E-state index is 0.309. The molecule has 0 unspecified atom stereocenters. The molecule has 5 rings (SSSR count). The second kappa shape index (κ2) is 9.88. The first kappa shape index (κ1) is 22.5. The Morgan fingerprint density at radius 1 is 1.15 bits per heavy atom. The van der Waals surface area contributed by atoms with E-state index in [-0.39, 0.29) is 0 Å². The number of nitrogens with zero attached hydrogens (tertiary/aromatic N) is 4. The summed E-state index contributed by atoms with van der Waals surface area (Å²) in [5.41, 5.74) is 3.77. The predicted octanol–water partition coefficient (Wildman–Crippen LogP) is 6.74. The highest BCUT2D eigenvalue weighted by molar-refractivity contribution is 7.97. The van der Waals surface area contributed by atoms with E-state index in [1.165, 1.54) is 6.42 Å². The van der Waals surface area contributed by atoms with Crippen LogP contribution in [0.1, 0.15) is 44.7 Å². The van der Waals surface area contributed by atoms with Crippen LogP contribution in [0.25, 0.3) is 22.2 Å².